The minimum Gasteiger partial charge on any atom is -0.370 e. The molecule has 0 unspecified atom stereocenters. The lowest BCUT2D eigenvalue weighted by atomic mass is 10.2. The van der Waals surface area contributed by atoms with Gasteiger partial charge in [-0.25, -0.2) is 4.79 Å². The topological polar surface area (TPSA) is 44.8 Å². The lowest BCUT2D eigenvalue weighted by Crippen LogP contribution is -2.53. The van der Waals surface area contributed by atoms with E-state index in [1.807, 2.05) is 30.3 Å². The zero-order chi connectivity index (χ0) is 17.6. The molecule has 1 atom stereocenters. The minimum atomic E-state index is -4.35. The van der Waals surface area contributed by atoms with Crippen LogP contribution in [-0.4, -0.2) is 62.5 Å². The van der Waals surface area contributed by atoms with Gasteiger partial charge < -0.3 is 19.9 Å². The second kappa shape index (κ2) is 8.23. The first kappa shape index (κ1) is 18.4. The maximum atomic E-state index is 12.1. The molecule has 24 heavy (non-hydrogen) atoms. The van der Waals surface area contributed by atoms with Gasteiger partial charge in [0.05, 0.1) is 12.6 Å². The Balaban J connectivity index is 1.70. The number of anilines is 1. The highest BCUT2D eigenvalue weighted by molar-refractivity contribution is 5.74. The Labute approximate surface area is 139 Å². The van der Waals surface area contributed by atoms with E-state index >= 15 is 0 Å². The van der Waals surface area contributed by atoms with Crippen molar-refractivity contribution in [3.63, 3.8) is 0 Å². The summed E-state index contributed by atoms with van der Waals surface area (Å²) in [7, 11) is 0. The van der Waals surface area contributed by atoms with Gasteiger partial charge in [0.2, 0.25) is 0 Å². The largest absolute Gasteiger partial charge is 0.411 e. The maximum Gasteiger partial charge on any atom is 0.411 e. The third-order valence-corrected chi connectivity index (χ3v) is 3.69. The van der Waals surface area contributed by atoms with Crippen LogP contribution in [0.3, 0.4) is 0 Å². The highest BCUT2D eigenvalue weighted by atomic mass is 19.4. The van der Waals surface area contributed by atoms with Gasteiger partial charge in [0, 0.05) is 31.9 Å². The fourth-order valence-corrected chi connectivity index (χ4v) is 2.50. The summed E-state index contributed by atoms with van der Waals surface area (Å²) in [6.45, 7) is 2.72. The van der Waals surface area contributed by atoms with Crippen molar-refractivity contribution in [2.75, 3.05) is 44.3 Å². The molecule has 0 spiro atoms. The van der Waals surface area contributed by atoms with Crippen LogP contribution in [0.25, 0.3) is 0 Å². The second-order valence-electron chi connectivity index (χ2n) is 5.79. The molecule has 8 heteroatoms. The number of amides is 2. The van der Waals surface area contributed by atoms with Gasteiger partial charge in [-0.1, -0.05) is 18.2 Å². The molecule has 2 amide bonds. The summed E-state index contributed by atoms with van der Waals surface area (Å²) in [5.41, 5.74) is 1.12. The molecule has 1 N–H and O–H groups in total. The normalized spacial score (nSPS) is 16.8. The number of rotatable bonds is 5. The molecule has 5 nitrogen and oxygen atoms in total. The third kappa shape index (κ3) is 5.92. The maximum absolute atomic E-state index is 12.1. The van der Waals surface area contributed by atoms with Crippen LogP contribution in [0.5, 0.6) is 0 Å². The van der Waals surface area contributed by atoms with Crippen LogP contribution < -0.4 is 10.2 Å². The Morgan fingerprint density at radius 1 is 1.21 bits per heavy atom. The minimum absolute atomic E-state index is 0.171. The summed E-state index contributed by atoms with van der Waals surface area (Å²) in [4.78, 5) is 16.0. The Morgan fingerprint density at radius 2 is 1.83 bits per heavy atom. The number of para-hydroxylation sites is 1. The van der Waals surface area contributed by atoms with Gasteiger partial charge in [0.25, 0.3) is 0 Å². The number of carbonyl (C=O) groups is 1. The van der Waals surface area contributed by atoms with Crippen molar-refractivity contribution in [3.8, 4) is 0 Å². The SMILES string of the molecule is C[C@H](COCC(F)(F)F)NC(=O)N1CCN(c2ccccc2)CC1. The van der Waals surface area contributed by atoms with Crippen LogP contribution in [0.4, 0.5) is 23.7 Å². The molecule has 0 aromatic heterocycles. The fraction of sp³-hybridized carbons (Fsp3) is 0.562. The number of urea groups is 1. The van der Waals surface area contributed by atoms with Crippen LogP contribution in [-0.2, 0) is 4.74 Å². The Morgan fingerprint density at radius 3 is 2.42 bits per heavy atom. The molecule has 1 aromatic carbocycles. The molecule has 2 rings (SSSR count). The molecule has 1 fully saturated rings. The average molecular weight is 345 g/mol. The standard InChI is InChI=1S/C16H22F3N3O2/c1-13(11-24-12-16(17,18)19)20-15(23)22-9-7-21(8-10-22)14-5-3-2-4-6-14/h2-6,13H,7-12H2,1H3,(H,20,23)/t13-/m1/s1. The third-order valence-electron chi connectivity index (χ3n) is 3.69. The first-order valence-electron chi connectivity index (χ1n) is 7.85. The monoisotopic (exact) mass is 345 g/mol. The molecule has 0 aliphatic carbocycles. The molecular weight excluding hydrogens is 323 g/mol. The lowest BCUT2D eigenvalue weighted by Gasteiger charge is -2.36. The van der Waals surface area contributed by atoms with Crippen molar-refractivity contribution < 1.29 is 22.7 Å². The van der Waals surface area contributed by atoms with E-state index in [4.69, 9.17) is 0 Å². The molecule has 0 bridgehead atoms. The van der Waals surface area contributed by atoms with Crippen molar-refractivity contribution in [1.82, 2.24) is 10.2 Å². The number of hydrogen-bond acceptors (Lipinski definition) is 3. The van der Waals surface area contributed by atoms with Crippen LogP contribution in [0.2, 0.25) is 0 Å². The van der Waals surface area contributed by atoms with Crippen LogP contribution >= 0.6 is 0 Å². The van der Waals surface area contributed by atoms with Gasteiger partial charge >= 0.3 is 12.2 Å². The van der Waals surface area contributed by atoms with Gasteiger partial charge in [0.1, 0.15) is 6.61 Å². The number of benzene rings is 1. The molecule has 1 saturated heterocycles. The number of ether oxygens (including phenoxy) is 1. The Kier molecular flexibility index (Phi) is 6.30. The van der Waals surface area contributed by atoms with E-state index in [0.717, 1.165) is 18.8 Å². The fourth-order valence-electron chi connectivity index (χ4n) is 2.50. The number of hydrogen-bond donors (Lipinski definition) is 1. The van der Waals surface area contributed by atoms with E-state index in [2.05, 4.69) is 15.0 Å². The van der Waals surface area contributed by atoms with Crippen molar-refractivity contribution >= 4 is 11.7 Å². The van der Waals surface area contributed by atoms with Gasteiger partial charge in [-0.15, -0.1) is 0 Å². The summed E-state index contributed by atoms with van der Waals surface area (Å²) < 4.78 is 40.6. The van der Waals surface area contributed by atoms with Crippen LogP contribution in [0, 0.1) is 0 Å². The number of nitrogens with zero attached hydrogens (tertiary/aromatic N) is 2. The molecule has 0 saturated carbocycles. The van der Waals surface area contributed by atoms with Crippen molar-refractivity contribution in [2.24, 2.45) is 0 Å². The smallest absolute Gasteiger partial charge is 0.370 e. The van der Waals surface area contributed by atoms with E-state index in [9.17, 15) is 18.0 Å². The number of alkyl halides is 3. The first-order valence-corrected chi connectivity index (χ1v) is 7.85. The zero-order valence-corrected chi connectivity index (χ0v) is 13.6. The van der Waals surface area contributed by atoms with E-state index < -0.39 is 18.8 Å². The second-order valence-corrected chi connectivity index (χ2v) is 5.79. The van der Waals surface area contributed by atoms with Crippen molar-refractivity contribution in [2.45, 2.75) is 19.1 Å². The summed E-state index contributed by atoms with van der Waals surface area (Å²) in [6.07, 6.45) is -4.35. The van der Waals surface area contributed by atoms with Crippen LogP contribution in [0.1, 0.15) is 6.92 Å². The quantitative estimate of drug-likeness (QED) is 0.892. The van der Waals surface area contributed by atoms with Gasteiger partial charge in [-0.05, 0) is 19.1 Å². The van der Waals surface area contributed by atoms with Crippen LogP contribution in [0.15, 0.2) is 30.3 Å². The highest BCUT2D eigenvalue weighted by Gasteiger charge is 2.28. The van der Waals surface area contributed by atoms with Crippen molar-refractivity contribution in [1.29, 1.82) is 0 Å². The molecule has 1 aliphatic rings. The molecular formula is C16H22F3N3O2. The number of nitrogens with one attached hydrogen (secondary N) is 1. The van der Waals surface area contributed by atoms with Crippen molar-refractivity contribution in [3.05, 3.63) is 30.3 Å². The molecule has 1 heterocycles. The predicted octanol–water partition coefficient (Wildman–Crippen LogP) is 2.49. The molecule has 1 aliphatic heterocycles. The van der Waals surface area contributed by atoms with Gasteiger partial charge in [0.15, 0.2) is 0 Å². The zero-order valence-electron chi connectivity index (χ0n) is 13.6. The average Bonchev–Trinajstić information content (AvgIpc) is 2.54. The first-order chi connectivity index (χ1) is 11.3. The van der Waals surface area contributed by atoms with Gasteiger partial charge in [-0.2, -0.15) is 13.2 Å². The summed E-state index contributed by atoms with van der Waals surface area (Å²) in [5, 5.41) is 2.67. The van der Waals surface area contributed by atoms with E-state index in [1.165, 1.54) is 0 Å². The van der Waals surface area contributed by atoms with Gasteiger partial charge in [-0.3, -0.25) is 0 Å². The lowest BCUT2D eigenvalue weighted by molar-refractivity contribution is -0.174. The van der Waals surface area contributed by atoms with E-state index in [0.29, 0.717) is 13.1 Å². The number of piperazine rings is 1. The molecule has 1 aromatic rings. The van der Waals surface area contributed by atoms with E-state index in [-0.39, 0.29) is 12.6 Å². The number of carbonyl (C=O) groups excluding carboxylic acids is 1. The number of halogens is 3. The molecule has 134 valence electrons. The summed E-state index contributed by atoms with van der Waals surface area (Å²) in [5.74, 6) is 0. The highest BCUT2D eigenvalue weighted by Crippen LogP contribution is 2.16. The van der Waals surface area contributed by atoms with E-state index in [1.54, 1.807) is 11.8 Å². The summed E-state index contributed by atoms with van der Waals surface area (Å²) in [6, 6.07) is 9.19. The Hall–Kier alpha value is -1.96. The predicted molar refractivity (Wildman–Crippen MR) is 85.1 cm³/mol. The molecule has 0 radical (unpaired) electrons. The Bertz CT molecular complexity index is 517. The summed E-state index contributed by atoms with van der Waals surface area (Å²) >= 11 is 0.